The Hall–Kier alpha value is -3.90. The van der Waals surface area contributed by atoms with Crippen LogP contribution in [0.1, 0.15) is 47.9 Å². The summed E-state index contributed by atoms with van der Waals surface area (Å²) < 4.78 is 79.4. The van der Waals surface area contributed by atoms with E-state index < -0.39 is 24.1 Å². The third kappa shape index (κ3) is 8.60. The van der Waals surface area contributed by atoms with Crippen LogP contribution in [0.4, 0.5) is 26.3 Å². The lowest BCUT2D eigenvalue weighted by Gasteiger charge is -2.40. The van der Waals surface area contributed by atoms with E-state index in [-0.39, 0.29) is 29.3 Å². The second-order valence-corrected chi connectivity index (χ2v) is 10.8. The first-order valence-electron chi connectivity index (χ1n) is 14.2. The highest BCUT2D eigenvalue weighted by atomic mass is 19.4. The number of amides is 1. The van der Waals surface area contributed by atoms with Gasteiger partial charge in [-0.15, -0.1) is 0 Å². The van der Waals surface area contributed by atoms with Crippen LogP contribution in [0.3, 0.4) is 0 Å². The molecular formula is C32H32F6N2O4. The molecule has 5 rings (SSSR count). The van der Waals surface area contributed by atoms with Gasteiger partial charge < -0.3 is 24.9 Å². The molecular weight excluding hydrogens is 590 g/mol. The van der Waals surface area contributed by atoms with Crippen molar-refractivity contribution in [3.63, 3.8) is 0 Å². The molecule has 0 unspecified atom stereocenters. The van der Waals surface area contributed by atoms with E-state index in [2.05, 4.69) is 5.32 Å². The summed E-state index contributed by atoms with van der Waals surface area (Å²) >= 11 is 0. The zero-order chi connectivity index (χ0) is 31.9. The van der Waals surface area contributed by atoms with E-state index in [0.29, 0.717) is 35.6 Å². The minimum Gasteiger partial charge on any atom is -0.542 e. The lowest BCUT2D eigenvalue weighted by atomic mass is 9.72. The standard InChI is InChI=1S/C30H31F3N2O2.C2HF3O2/c31-22-9-5-20(6-10-22)29(21-7-11-23(32)12-8-21)34-30(36)26-14-13-24(35-15-17-37-18-16-35)19-27(26)25-3-1-2-4-28(25)33;3-2(4,5)1(6)7/h1-12,24,26-27,29H,13-19H2,(H,34,36);(H,6,7)/t24-,26-,27+;/m1./s1. The van der Waals surface area contributed by atoms with Crippen molar-refractivity contribution in [1.29, 1.82) is 0 Å². The van der Waals surface area contributed by atoms with Crippen molar-refractivity contribution in [3.05, 3.63) is 107 Å². The number of morpholine rings is 1. The molecule has 6 nitrogen and oxygen atoms in total. The Balaban J connectivity index is 0.000000566. The average molecular weight is 623 g/mol. The topological polar surface area (TPSA) is 82.9 Å². The molecule has 1 aliphatic carbocycles. The van der Waals surface area contributed by atoms with Crippen LogP contribution in [-0.2, 0) is 14.3 Å². The first kappa shape index (κ1) is 33.0. The summed E-state index contributed by atoms with van der Waals surface area (Å²) in [5.41, 5.74) is 1.95. The van der Waals surface area contributed by atoms with Crippen LogP contribution >= 0.6 is 0 Å². The smallest absolute Gasteiger partial charge is 0.430 e. The van der Waals surface area contributed by atoms with Crippen molar-refractivity contribution in [3.8, 4) is 0 Å². The molecule has 2 N–H and O–H groups in total. The number of benzene rings is 3. The molecule has 1 saturated carbocycles. The third-order valence-corrected chi connectivity index (χ3v) is 8.13. The second-order valence-electron chi connectivity index (χ2n) is 10.8. The number of nitrogens with one attached hydrogen (secondary N) is 2. The number of alkyl halides is 3. The fourth-order valence-electron chi connectivity index (χ4n) is 5.94. The minimum atomic E-state index is -5.19. The quantitative estimate of drug-likeness (QED) is 0.413. The zero-order valence-electron chi connectivity index (χ0n) is 23.6. The van der Waals surface area contributed by atoms with Crippen LogP contribution in [0.15, 0.2) is 72.8 Å². The molecule has 12 heteroatoms. The van der Waals surface area contributed by atoms with E-state index in [1.54, 1.807) is 36.4 Å². The molecule has 2 aliphatic rings. The van der Waals surface area contributed by atoms with Crippen LogP contribution in [0.25, 0.3) is 0 Å². The summed E-state index contributed by atoms with van der Waals surface area (Å²) in [4.78, 5) is 24.1. The van der Waals surface area contributed by atoms with Gasteiger partial charge in [-0.1, -0.05) is 42.5 Å². The Morgan fingerprint density at radius 1 is 0.841 bits per heavy atom. The van der Waals surface area contributed by atoms with Crippen LogP contribution in [0, 0.1) is 23.4 Å². The fraction of sp³-hybridized carbons (Fsp3) is 0.375. The second kappa shape index (κ2) is 14.7. The molecule has 44 heavy (non-hydrogen) atoms. The van der Waals surface area contributed by atoms with Gasteiger partial charge in [0.05, 0.1) is 25.3 Å². The lowest BCUT2D eigenvalue weighted by Crippen LogP contribution is -3.17. The van der Waals surface area contributed by atoms with E-state index in [4.69, 9.17) is 14.6 Å². The van der Waals surface area contributed by atoms with Gasteiger partial charge >= 0.3 is 6.18 Å². The third-order valence-electron chi connectivity index (χ3n) is 8.13. The molecule has 2 fully saturated rings. The maximum atomic E-state index is 15.0. The molecule has 3 aromatic rings. The van der Waals surface area contributed by atoms with Gasteiger partial charge in [0.25, 0.3) is 0 Å². The van der Waals surface area contributed by atoms with E-state index >= 15 is 4.39 Å². The lowest BCUT2D eigenvalue weighted by molar-refractivity contribution is -0.934. The largest absolute Gasteiger partial charge is 0.542 e. The first-order valence-corrected chi connectivity index (χ1v) is 14.2. The molecule has 0 radical (unpaired) electrons. The van der Waals surface area contributed by atoms with Gasteiger partial charge in [-0.2, -0.15) is 13.2 Å². The summed E-state index contributed by atoms with van der Waals surface area (Å²) in [6.07, 6.45) is -2.97. The highest BCUT2D eigenvalue weighted by molar-refractivity contribution is 5.81. The van der Waals surface area contributed by atoms with Crippen LogP contribution in [0.5, 0.6) is 0 Å². The number of hydrogen-bond acceptors (Lipinski definition) is 4. The maximum absolute atomic E-state index is 15.0. The molecule has 1 amide bonds. The fourth-order valence-corrected chi connectivity index (χ4v) is 5.94. The molecule has 3 atom stereocenters. The number of carbonyl (C=O) groups excluding carboxylic acids is 2. The molecule has 3 aromatic carbocycles. The van der Waals surface area contributed by atoms with Crippen LogP contribution < -0.4 is 15.3 Å². The molecule has 1 saturated heterocycles. The van der Waals surface area contributed by atoms with E-state index in [1.807, 2.05) is 6.07 Å². The highest BCUT2D eigenvalue weighted by Gasteiger charge is 2.41. The number of ether oxygens (including phenoxy) is 1. The SMILES string of the molecule is O=C(NC(c1ccc(F)cc1)c1ccc(F)cc1)[C@@H]1CC[C@@H]([NH+]2CCOCC2)C[C@H]1c1ccccc1F.O=C([O-])C(F)(F)F. The Morgan fingerprint density at radius 2 is 1.36 bits per heavy atom. The van der Waals surface area contributed by atoms with E-state index in [9.17, 15) is 26.7 Å². The van der Waals surface area contributed by atoms with Gasteiger partial charge in [-0.05, 0) is 53.4 Å². The Bertz CT molecular complexity index is 1350. The number of aliphatic carboxylic acids is 1. The summed E-state index contributed by atoms with van der Waals surface area (Å²) in [6, 6.07) is 18.3. The average Bonchev–Trinajstić information content (AvgIpc) is 3.01. The van der Waals surface area contributed by atoms with Gasteiger partial charge in [0.2, 0.25) is 5.91 Å². The van der Waals surface area contributed by atoms with Gasteiger partial charge in [-0.25, -0.2) is 13.2 Å². The summed E-state index contributed by atoms with van der Waals surface area (Å²) in [5.74, 6) is -4.92. The van der Waals surface area contributed by atoms with Gasteiger partial charge in [-0.3, -0.25) is 4.79 Å². The number of carbonyl (C=O) groups is 2. The predicted molar refractivity (Wildman–Crippen MR) is 146 cm³/mol. The molecule has 236 valence electrons. The van der Waals surface area contributed by atoms with Crippen molar-refractivity contribution in [1.82, 2.24) is 5.32 Å². The highest BCUT2D eigenvalue weighted by Crippen LogP contribution is 2.39. The molecule has 0 bridgehead atoms. The van der Waals surface area contributed by atoms with Crippen LogP contribution in [-0.4, -0.2) is 50.4 Å². The molecule has 0 spiro atoms. The summed E-state index contributed by atoms with van der Waals surface area (Å²) in [7, 11) is 0. The van der Waals surface area contributed by atoms with Crippen molar-refractivity contribution < 1.29 is 50.7 Å². The first-order chi connectivity index (χ1) is 20.9. The molecule has 0 aromatic heterocycles. The monoisotopic (exact) mass is 622 g/mol. The number of hydrogen-bond donors (Lipinski definition) is 2. The normalized spacial score (nSPS) is 20.8. The number of rotatable bonds is 6. The van der Waals surface area contributed by atoms with Gasteiger partial charge in [0.15, 0.2) is 0 Å². The Labute approximate surface area is 250 Å². The number of quaternary nitrogens is 1. The van der Waals surface area contributed by atoms with Gasteiger partial charge in [0, 0.05) is 24.7 Å². The van der Waals surface area contributed by atoms with Crippen molar-refractivity contribution in [2.24, 2.45) is 5.92 Å². The van der Waals surface area contributed by atoms with Crippen molar-refractivity contribution in [2.45, 2.75) is 43.4 Å². The van der Waals surface area contributed by atoms with E-state index in [0.717, 1.165) is 32.7 Å². The maximum Gasteiger partial charge on any atom is 0.430 e. The zero-order valence-corrected chi connectivity index (χ0v) is 23.6. The molecule has 1 aliphatic heterocycles. The molecule has 1 heterocycles. The minimum absolute atomic E-state index is 0.178. The Kier molecular flexibility index (Phi) is 11.0. The summed E-state index contributed by atoms with van der Waals surface area (Å²) in [5, 5.41) is 11.9. The predicted octanol–water partition coefficient (Wildman–Crippen LogP) is 3.48. The van der Waals surface area contributed by atoms with E-state index in [1.165, 1.54) is 35.2 Å². The Morgan fingerprint density at radius 3 is 1.86 bits per heavy atom. The van der Waals surface area contributed by atoms with Crippen molar-refractivity contribution >= 4 is 11.9 Å². The number of carboxylic acid groups (broad SMARTS) is 1. The van der Waals surface area contributed by atoms with Crippen LogP contribution in [0.2, 0.25) is 0 Å². The number of carboxylic acids is 1. The van der Waals surface area contributed by atoms with Gasteiger partial charge in [0.1, 0.15) is 36.5 Å². The van der Waals surface area contributed by atoms with Crippen molar-refractivity contribution in [2.75, 3.05) is 26.3 Å². The summed E-state index contributed by atoms with van der Waals surface area (Å²) in [6.45, 7) is 3.28. The number of halogens is 6.